The Morgan fingerprint density at radius 2 is 1.79 bits per heavy atom. The Hall–Kier alpha value is -1.39. The molecule has 1 aliphatic carbocycles. The summed E-state index contributed by atoms with van der Waals surface area (Å²) in [5.74, 6) is -0.258. The van der Waals surface area contributed by atoms with Gasteiger partial charge in [0.1, 0.15) is 0 Å². The monoisotopic (exact) mass is 269 g/mol. The van der Waals surface area contributed by atoms with Crippen LogP contribution in [0.15, 0.2) is 6.07 Å². The van der Waals surface area contributed by atoms with Crippen molar-refractivity contribution in [3.63, 3.8) is 0 Å². The van der Waals surface area contributed by atoms with Crippen molar-refractivity contribution in [3.8, 4) is 0 Å². The molecule has 2 N–H and O–H groups in total. The Morgan fingerprint density at radius 1 is 1.16 bits per heavy atom. The summed E-state index contributed by atoms with van der Waals surface area (Å²) in [6.07, 6.45) is 5.73. The molecule has 0 amide bonds. The molecule has 106 valence electrons. The molecule has 0 saturated heterocycles. The van der Waals surface area contributed by atoms with Crippen molar-refractivity contribution in [1.82, 2.24) is 4.98 Å². The van der Waals surface area contributed by atoms with Gasteiger partial charge in [0.2, 0.25) is 0 Å². The summed E-state index contributed by atoms with van der Waals surface area (Å²) in [5, 5.41) is 5.82. The van der Waals surface area contributed by atoms with Gasteiger partial charge in [-0.3, -0.25) is 0 Å². The number of aromatic nitrogens is 1. The molecule has 1 aliphatic rings. The normalized spacial score (nSPS) is 15.1. The quantitative estimate of drug-likeness (QED) is 0.791. The number of nitrogens with zero attached hydrogens (tertiary/aromatic N) is 1. The molecule has 0 radical (unpaired) electrons. The average Bonchev–Trinajstić information content (AvgIpc) is 2.33. The van der Waals surface area contributed by atoms with Crippen molar-refractivity contribution in [2.45, 2.75) is 39.0 Å². The molecule has 1 aromatic rings. The van der Waals surface area contributed by atoms with Crippen molar-refractivity contribution >= 4 is 11.6 Å². The first-order valence-electron chi connectivity index (χ1n) is 7.04. The topological polar surface area (TPSA) is 37.0 Å². The summed E-state index contributed by atoms with van der Waals surface area (Å²) in [6.45, 7) is 3.29. The standard InChI is InChI=1S/C14H21F2N3/c1-2-7-17-13-11(15)9-12(16)14(19-13)18-8-6-10-4-3-5-10/h9-10H,2-8H2,1H3,(H2,17,18,19). The molecule has 0 aromatic carbocycles. The third-order valence-corrected chi connectivity index (χ3v) is 3.54. The largest absolute Gasteiger partial charge is 0.368 e. The zero-order valence-electron chi connectivity index (χ0n) is 11.3. The molecule has 19 heavy (non-hydrogen) atoms. The van der Waals surface area contributed by atoms with Crippen molar-refractivity contribution in [3.05, 3.63) is 17.7 Å². The maximum Gasteiger partial charge on any atom is 0.168 e. The van der Waals surface area contributed by atoms with E-state index in [0.717, 1.165) is 24.8 Å². The first-order chi connectivity index (χ1) is 9.20. The number of anilines is 2. The summed E-state index contributed by atoms with van der Waals surface area (Å²) in [6, 6.07) is 0.886. The van der Waals surface area contributed by atoms with Crippen LogP contribution in [0.25, 0.3) is 0 Å². The lowest BCUT2D eigenvalue weighted by Crippen LogP contribution is -2.17. The molecule has 1 heterocycles. The highest BCUT2D eigenvalue weighted by molar-refractivity contribution is 5.47. The summed E-state index contributed by atoms with van der Waals surface area (Å²) >= 11 is 0. The van der Waals surface area contributed by atoms with Gasteiger partial charge in [0.15, 0.2) is 23.3 Å². The van der Waals surface area contributed by atoms with Crippen LogP contribution in [0.4, 0.5) is 20.4 Å². The predicted octanol–water partition coefficient (Wildman–Crippen LogP) is 3.78. The minimum Gasteiger partial charge on any atom is -0.368 e. The molecule has 5 heteroatoms. The maximum absolute atomic E-state index is 13.6. The zero-order valence-corrected chi connectivity index (χ0v) is 11.3. The Morgan fingerprint density at radius 3 is 2.32 bits per heavy atom. The molecular weight excluding hydrogens is 248 g/mol. The van der Waals surface area contributed by atoms with Gasteiger partial charge >= 0.3 is 0 Å². The first-order valence-corrected chi connectivity index (χ1v) is 7.04. The van der Waals surface area contributed by atoms with Gasteiger partial charge in [-0.05, 0) is 18.8 Å². The van der Waals surface area contributed by atoms with Gasteiger partial charge in [-0.15, -0.1) is 0 Å². The lowest BCUT2D eigenvalue weighted by molar-refractivity contribution is 0.302. The Labute approximate surface area is 112 Å². The van der Waals surface area contributed by atoms with E-state index in [0.29, 0.717) is 13.1 Å². The summed E-state index contributed by atoms with van der Waals surface area (Å²) in [7, 11) is 0. The molecule has 0 unspecified atom stereocenters. The molecule has 0 bridgehead atoms. The van der Waals surface area contributed by atoms with E-state index < -0.39 is 11.6 Å². The van der Waals surface area contributed by atoms with E-state index in [4.69, 9.17) is 0 Å². The zero-order chi connectivity index (χ0) is 13.7. The summed E-state index contributed by atoms with van der Waals surface area (Å²) in [4.78, 5) is 3.98. The Balaban J connectivity index is 1.93. The molecule has 1 aromatic heterocycles. The molecule has 0 spiro atoms. The second-order valence-corrected chi connectivity index (χ2v) is 5.09. The van der Waals surface area contributed by atoms with Gasteiger partial charge in [0, 0.05) is 19.2 Å². The second-order valence-electron chi connectivity index (χ2n) is 5.09. The van der Waals surface area contributed by atoms with Crippen LogP contribution < -0.4 is 10.6 Å². The fourth-order valence-electron chi connectivity index (χ4n) is 2.13. The highest BCUT2D eigenvalue weighted by atomic mass is 19.1. The SMILES string of the molecule is CCCNc1nc(NCCC2CCC2)c(F)cc1F. The fraction of sp³-hybridized carbons (Fsp3) is 0.643. The minimum atomic E-state index is -0.643. The predicted molar refractivity (Wildman–Crippen MR) is 73.4 cm³/mol. The number of hydrogen-bond acceptors (Lipinski definition) is 3. The number of halogens is 2. The van der Waals surface area contributed by atoms with Crippen molar-refractivity contribution in [2.24, 2.45) is 5.92 Å². The van der Waals surface area contributed by atoms with Gasteiger partial charge in [0.05, 0.1) is 0 Å². The molecule has 1 fully saturated rings. The van der Waals surface area contributed by atoms with Gasteiger partial charge in [-0.25, -0.2) is 13.8 Å². The first kappa shape index (κ1) is 14.0. The van der Waals surface area contributed by atoms with Crippen LogP contribution in [-0.2, 0) is 0 Å². The lowest BCUT2D eigenvalue weighted by atomic mass is 9.83. The van der Waals surface area contributed by atoms with Crippen molar-refractivity contribution in [1.29, 1.82) is 0 Å². The van der Waals surface area contributed by atoms with E-state index in [9.17, 15) is 8.78 Å². The van der Waals surface area contributed by atoms with Gasteiger partial charge in [-0.1, -0.05) is 26.2 Å². The Kier molecular flexibility index (Phi) is 4.93. The second kappa shape index (κ2) is 6.68. The summed E-state index contributed by atoms with van der Waals surface area (Å²) < 4.78 is 27.1. The molecular formula is C14H21F2N3. The van der Waals surface area contributed by atoms with Gasteiger partial charge < -0.3 is 10.6 Å². The van der Waals surface area contributed by atoms with Crippen LogP contribution in [0, 0.1) is 17.6 Å². The number of rotatable bonds is 7. The summed E-state index contributed by atoms with van der Waals surface area (Å²) in [5.41, 5.74) is 0. The van der Waals surface area contributed by atoms with E-state index in [1.54, 1.807) is 0 Å². The van der Waals surface area contributed by atoms with E-state index in [1.807, 2.05) is 6.92 Å². The van der Waals surface area contributed by atoms with E-state index in [2.05, 4.69) is 15.6 Å². The highest BCUT2D eigenvalue weighted by Gasteiger charge is 2.17. The highest BCUT2D eigenvalue weighted by Crippen LogP contribution is 2.29. The number of nitrogens with one attached hydrogen (secondary N) is 2. The van der Waals surface area contributed by atoms with E-state index in [1.165, 1.54) is 19.3 Å². The van der Waals surface area contributed by atoms with Gasteiger partial charge in [0.25, 0.3) is 0 Å². The van der Waals surface area contributed by atoms with Crippen molar-refractivity contribution in [2.75, 3.05) is 23.7 Å². The lowest BCUT2D eigenvalue weighted by Gasteiger charge is -2.25. The van der Waals surface area contributed by atoms with Crippen LogP contribution in [0.1, 0.15) is 39.0 Å². The molecule has 2 rings (SSSR count). The van der Waals surface area contributed by atoms with Crippen LogP contribution in [0.5, 0.6) is 0 Å². The molecule has 3 nitrogen and oxygen atoms in total. The van der Waals surface area contributed by atoms with E-state index in [-0.39, 0.29) is 11.6 Å². The van der Waals surface area contributed by atoms with Crippen LogP contribution in [-0.4, -0.2) is 18.1 Å². The fourth-order valence-corrected chi connectivity index (χ4v) is 2.13. The number of hydrogen-bond donors (Lipinski definition) is 2. The van der Waals surface area contributed by atoms with Gasteiger partial charge in [-0.2, -0.15) is 0 Å². The van der Waals surface area contributed by atoms with Crippen molar-refractivity contribution < 1.29 is 8.78 Å². The van der Waals surface area contributed by atoms with E-state index >= 15 is 0 Å². The third-order valence-electron chi connectivity index (χ3n) is 3.54. The molecule has 0 aliphatic heterocycles. The maximum atomic E-state index is 13.6. The molecule has 1 saturated carbocycles. The van der Waals surface area contributed by atoms with Crippen LogP contribution in [0.2, 0.25) is 0 Å². The Bertz CT molecular complexity index is 419. The average molecular weight is 269 g/mol. The smallest absolute Gasteiger partial charge is 0.168 e. The molecule has 0 atom stereocenters. The van der Waals surface area contributed by atoms with Crippen LogP contribution >= 0.6 is 0 Å². The van der Waals surface area contributed by atoms with Crippen LogP contribution in [0.3, 0.4) is 0 Å². The number of pyridine rings is 1. The minimum absolute atomic E-state index is 0.120. The third kappa shape index (κ3) is 3.78.